The first-order chi connectivity index (χ1) is 7.33. The average molecular weight is 211 g/mol. The van der Waals surface area contributed by atoms with Crippen molar-refractivity contribution < 1.29 is 4.74 Å². The van der Waals surface area contributed by atoms with Crippen LogP contribution in [0.4, 0.5) is 0 Å². The third kappa shape index (κ3) is 3.32. The van der Waals surface area contributed by atoms with Crippen molar-refractivity contribution in [2.24, 2.45) is 0 Å². The number of aromatic nitrogens is 2. The van der Waals surface area contributed by atoms with Gasteiger partial charge in [0.25, 0.3) is 0 Å². The molecule has 0 fully saturated rings. The summed E-state index contributed by atoms with van der Waals surface area (Å²) in [6.07, 6.45) is 2.90. The first-order valence-electron chi connectivity index (χ1n) is 5.60. The second-order valence-corrected chi connectivity index (χ2v) is 3.49. The van der Waals surface area contributed by atoms with Crippen molar-refractivity contribution in [2.75, 3.05) is 20.3 Å². The van der Waals surface area contributed by atoms with Gasteiger partial charge in [-0.1, -0.05) is 6.92 Å². The van der Waals surface area contributed by atoms with E-state index in [1.807, 2.05) is 24.0 Å². The van der Waals surface area contributed by atoms with Crippen molar-refractivity contribution >= 4 is 0 Å². The molecule has 1 N–H and O–H groups in total. The Morgan fingerprint density at radius 3 is 2.93 bits per heavy atom. The molecule has 0 radical (unpaired) electrons. The highest BCUT2D eigenvalue weighted by Gasteiger charge is 2.13. The molecule has 0 saturated carbocycles. The fourth-order valence-corrected chi connectivity index (χ4v) is 1.57. The minimum atomic E-state index is 0.235. The van der Waals surface area contributed by atoms with Crippen LogP contribution in [-0.2, 0) is 11.3 Å². The van der Waals surface area contributed by atoms with E-state index in [1.54, 1.807) is 0 Å². The van der Waals surface area contributed by atoms with Gasteiger partial charge in [0, 0.05) is 19.3 Å². The molecular weight excluding hydrogens is 190 g/mol. The van der Waals surface area contributed by atoms with Crippen LogP contribution in [0.15, 0.2) is 12.3 Å². The molecule has 0 spiro atoms. The summed E-state index contributed by atoms with van der Waals surface area (Å²) in [6, 6.07) is 2.28. The van der Waals surface area contributed by atoms with Crippen molar-refractivity contribution in [3.05, 3.63) is 18.0 Å². The first-order valence-corrected chi connectivity index (χ1v) is 5.60. The smallest absolute Gasteiger partial charge is 0.0727 e. The minimum absolute atomic E-state index is 0.235. The summed E-state index contributed by atoms with van der Waals surface area (Å²) in [7, 11) is 1.95. The van der Waals surface area contributed by atoms with Gasteiger partial charge >= 0.3 is 0 Å². The van der Waals surface area contributed by atoms with Crippen LogP contribution in [0.5, 0.6) is 0 Å². The lowest BCUT2D eigenvalue weighted by Crippen LogP contribution is -2.25. The second kappa shape index (κ2) is 6.58. The van der Waals surface area contributed by atoms with Gasteiger partial charge in [0.2, 0.25) is 0 Å². The van der Waals surface area contributed by atoms with Crippen LogP contribution >= 0.6 is 0 Å². The molecule has 0 aliphatic heterocycles. The molecule has 0 bridgehead atoms. The summed E-state index contributed by atoms with van der Waals surface area (Å²) in [6.45, 7) is 6.63. The van der Waals surface area contributed by atoms with E-state index in [9.17, 15) is 0 Å². The fourth-order valence-electron chi connectivity index (χ4n) is 1.57. The first kappa shape index (κ1) is 12.2. The molecule has 0 amide bonds. The Hall–Kier alpha value is -0.870. The molecule has 4 heteroatoms. The molecule has 86 valence electrons. The summed E-state index contributed by atoms with van der Waals surface area (Å²) >= 11 is 0. The molecule has 0 aliphatic carbocycles. The molecule has 1 aromatic heterocycles. The number of hydrogen-bond donors (Lipinski definition) is 1. The van der Waals surface area contributed by atoms with E-state index in [0.29, 0.717) is 6.61 Å². The van der Waals surface area contributed by atoms with Gasteiger partial charge in [-0.3, -0.25) is 4.68 Å². The number of rotatable bonds is 7. The standard InChI is InChI=1S/C11H21N3O/c1-4-8-15-9-10(12-3)11-6-7-13-14(11)5-2/h6-7,10,12H,4-5,8-9H2,1-3H3. The van der Waals surface area contributed by atoms with Crippen molar-refractivity contribution in [3.8, 4) is 0 Å². The summed E-state index contributed by atoms with van der Waals surface area (Å²) in [4.78, 5) is 0. The van der Waals surface area contributed by atoms with Crippen LogP contribution in [0.3, 0.4) is 0 Å². The van der Waals surface area contributed by atoms with Gasteiger partial charge in [0.15, 0.2) is 0 Å². The molecular formula is C11H21N3O. The van der Waals surface area contributed by atoms with Gasteiger partial charge in [0.05, 0.1) is 18.3 Å². The van der Waals surface area contributed by atoms with Crippen molar-refractivity contribution in [1.82, 2.24) is 15.1 Å². The number of likely N-dealkylation sites (N-methyl/N-ethyl adjacent to an activating group) is 1. The monoisotopic (exact) mass is 211 g/mol. The van der Waals surface area contributed by atoms with Gasteiger partial charge in [-0.25, -0.2) is 0 Å². The highest BCUT2D eigenvalue weighted by atomic mass is 16.5. The Balaban J connectivity index is 2.57. The van der Waals surface area contributed by atoms with Crippen LogP contribution in [-0.4, -0.2) is 30.0 Å². The Morgan fingerprint density at radius 1 is 1.53 bits per heavy atom. The number of aryl methyl sites for hydroxylation is 1. The summed E-state index contributed by atoms with van der Waals surface area (Å²) < 4.78 is 7.55. The van der Waals surface area contributed by atoms with Gasteiger partial charge in [-0.2, -0.15) is 5.10 Å². The predicted molar refractivity (Wildman–Crippen MR) is 60.8 cm³/mol. The summed E-state index contributed by atoms with van der Waals surface area (Å²) in [5.74, 6) is 0. The molecule has 1 aromatic rings. The summed E-state index contributed by atoms with van der Waals surface area (Å²) in [5, 5.41) is 7.51. The van der Waals surface area contributed by atoms with Crippen molar-refractivity contribution in [2.45, 2.75) is 32.9 Å². The lowest BCUT2D eigenvalue weighted by Gasteiger charge is -2.17. The minimum Gasteiger partial charge on any atom is -0.379 e. The maximum atomic E-state index is 5.56. The zero-order valence-electron chi connectivity index (χ0n) is 9.86. The third-order valence-corrected chi connectivity index (χ3v) is 2.39. The Morgan fingerprint density at radius 2 is 2.33 bits per heavy atom. The second-order valence-electron chi connectivity index (χ2n) is 3.49. The number of nitrogens with one attached hydrogen (secondary N) is 1. The highest BCUT2D eigenvalue weighted by Crippen LogP contribution is 2.12. The Labute approximate surface area is 91.6 Å². The normalized spacial score (nSPS) is 13.0. The van der Waals surface area contributed by atoms with Gasteiger partial charge in [-0.05, 0) is 26.5 Å². The van der Waals surface area contributed by atoms with E-state index in [4.69, 9.17) is 4.74 Å². The van der Waals surface area contributed by atoms with E-state index < -0.39 is 0 Å². The fraction of sp³-hybridized carbons (Fsp3) is 0.727. The van der Waals surface area contributed by atoms with Crippen LogP contribution in [0.2, 0.25) is 0 Å². The maximum Gasteiger partial charge on any atom is 0.0727 e. The van der Waals surface area contributed by atoms with Crippen LogP contribution in [0, 0.1) is 0 Å². The largest absolute Gasteiger partial charge is 0.379 e. The Kier molecular flexibility index (Phi) is 5.36. The summed E-state index contributed by atoms with van der Waals surface area (Å²) in [5.41, 5.74) is 1.19. The number of ether oxygens (including phenoxy) is 1. The van der Waals surface area contributed by atoms with E-state index in [1.165, 1.54) is 5.69 Å². The van der Waals surface area contributed by atoms with Gasteiger partial charge < -0.3 is 10.1 Å². The lowest BCUT2D eigenvalue weighted by atomic mass is 10.2. The molecule has 1 heterocycles. The van der Waals surface area contributed by atoms with E-state index >= 15 is 0 Å². The van der Waals surface area contributed by atoms with Crippen LogP contribution in [0.25, 0.3) is 0 Å². The molecule has 0 aliphatic rings. The third-order valence-electron chi connectivity index (χ3n) is 2.39. The lowest BCUT2D eigenvalue weighted by molar-refractivity contribution is 0.111. The SMILES string of the molecule is CCCOCC(NC)c1ccnn1CC. The van der Waals surface area contributed by atoms with E-state index in [0.717, 1.165) is 19.6 Å². The van der Waals surface area contributed by atoms with Gasteiger partial charge in [0.1, 0.15) is 0 Å². The van der Waals surface area contributed by atoms with Crippen LogP contribution < -0.4 is 5.32 Å². The number of nitrogens with zero attached hydrogens (tertiary/aromatic N) is 2. The van der Waals surface area contributed by atoms with Crippen LogP contribution in [0.1, 0.15) is 32.0 Å². The predicted octanol–water partition coefficient (Wildman–Crippen LogP) is 1.59. The number of hydrogen-bond acceptors (Lipinski definition) is 3. The molecule has 1 atom stereocenters. The van der Waals surface area contributed by atoms with Crippen molar-refractivity contribution in [3.63, 3.8) is 0 Å². The molecule has 15 heavy (non-hydrogen) atoms. The average Bonchev–Trinajstić information content (AvgIpc) is 2.72. The van der Waals surface area contributed by atoms with Gasteiger partial charge in [-0.15, -0.1) is 0 Å². The van der Waals surface area contributed by atoms with E-state index in [2.05, 4.69) is 24.3 Å². The topological polar surface area (TPSA) is 39.1 Å². The van der Waals surface area contributed by atoms with E-state index in [-0.39, 0.29) is 6.04 Å². The highest BCUT2D eigenvalue weighted by molar-refractivity contribution is 5.06. The Bertz CT molecular complexity index is 273. The maximum absolute atomic E-state index is 5.56. The zero-order chi connectivity index (χ0) is 11.1. The quantitative estimate of drug-likeness (QED) is 0.696. The zero-order valence-corrected chi connectivity index (χ0v) is 9.86. The molecule has 1 unspecified atom stereocenters. The molecule has 0 saturated heterocycles. The molecule has 1 rings (SSSR count). The van der Waals surface area contributed by atoms with Crippen molar-refractivity contribution in [1.29, 1.82) is 0 Å². The molecule has 0 aromatic carbocycles. The molecule has 4 nitrogen and oxygen atoms in total.